The predicted molar refractivity (Wildman–Crippen MR) is 97.8 cm³/mol. The molecule has 0 spiro atoms. The lowest BCUT2D eigenvalue weighted by Gasteiger charge is -2.32. The number of carbonyl (C=O) groups excluding carboxylic acids is 1. The van der Waals surface area contributed by atoms with Crippen molar-refractivity contribution >= 4 is 5.91 Å². The van der Waals surface area contributed by atoms with Gasteiger partial charge in [-0.1, -0.05) is 54.6 Å². The Hall–Kier alpha value is -3.89. The van der Waals surface area contributed by atoms with E-state index in [2.05, 4.69) is 12.1 Å². The van der Waals surface area contributed by atoms with Crippen molar-refractivity contribution in [3.63, 3.8) is 0 Å². The molecule has 4 nitrogen and oxygen atoms in total. The summed E-state index contributed by atoms with van der Waals surface area (Å²) in [6, 6.07) is 27.0. The van der Waals surface area contributed by atoms with Crippen LogP contribution in [0.25, 0.3) is 0 Å². The van der Waals surface area contributed by atoms with Crippen molar-refractivity contribution in [3.8, 4) is 12.1 Å². The van der Waals surface area contributed by atoms with E-state index < -0.39 is 11.3 Å². The van der Waals surface area contributed by atoms with Crippen LogP contribution in [0.1, 0.15) is 27.8 Å². The van der Waals surface area contributed by atoms with Crippen molar-refractivity contribution in [1.82, 2.24) is 0 Å². The molecule has 124 valence electrons. The minimum Gasteiger partial charge on any atom is -0.368 e. The zero-order valence-electron chi connectivity index (χ0n) is 13.9. The molecule has 0 atom stereocenters. The van der Waals surface area contributed by atoms with E-state index in [1.54, 1.807) is 48.5 Å². The van der Waals surface area contributed by atoms with Gasteiger partial charge in [-0.05, 0) is 41.0 Å². The van der Waals surface area contributed by atoms with Crippen molar-refractivity contribution < 1.29 is 4.79 Å². The molecule has 3 aromatic carbocycles. The minimum atomic E-state index is -1.30. The maximum absolute atomic E-state index is 12.9. The summed E-state index contributed by atoms with van der Waals surface area (Å²) in [5.41, 5.74) is 7.36. The summed E-state index contributed by atoms with van der Waals surface area (Å²) in [7, 11) is 0. The minimum absolute atomic E-state index is 0.431. The van der Waals surface area contributed by atoms with E-state index >= 15 is 0 Å². The summed E-state index contributed by atoms with van der Waals surface area (Å²) < 4.78 is 0. The fourth-order valence-corrected chi connectivity index (χ4v) is 3.26. The third-order valence-corrected chi connectivity index (χ3v) is 4.43. The van der Waals surface area contributed by atoms with E-state index in [1.165, 1.54) is 0 Å². The van der Waals surface area contributed by atoms with Gasteiger partial charge in [-0.2, -0.15) is 10.5 Å². The zero-order chi connectivity index (χ0) is 18.6. The lowest BCUT2D eigenvalue weighted by Crippen LogP contribution is -2.43. The lowest BCUT2D eigenvalue weighted by atomic mass is 9.68. The van der Waals surface area contributed by atoms with Gasteiger partial charge in [-0.25, -0.2) is 0 Å². The fraction of sp³-hybridized carbons (Fsp3) is 0.0455. The van der Waals surface area contributed by atoms with Crippen LogP contribution >= 0.6 is 0 Å². The Morgan fingerprint density at radius 3 is 1.62 bits per heavy atom. The Kier molecular flexibility index (Phi) is 4.51. The van der Waals surface area contributed by atoms with Gasteiger partial charge < -0.3 is 5.73 Å². The van der Waals surface area contributed by atoms with E-state index in [0.717, 1.165) is 0 Å². The molecule has 0 saturated heterocycles. The van der Waals surface area contributed by atoms with Gasteiger partial charge in [0.15, 0.2) is 0 Å². The first-order valence-corrected chi connectivity index (χ1v) is 7.99. The summed E-state index contributed by atoms with van der Waals surface area (Å²) in [5, 5.41) is 18.6. The average Bonchev–Trinajstić information content (AvgIpc) is 2.69. The molecule has 0 radical (unpaired) electrons. The third kappa shape index (κ3) is 2.70. The second kappa shape index (κ2) is 6.93. The molecule has 2 N–H and O–H groups in total. The largest absolute Gasteiger partial charge is 0.368 e. The summed E-state index contributed by atoms with van der Waals surface area (Å²) in [6.45, 7) is 0. The monoisotopic (exact) mass is 337 g/mol. The van der Waals surface area contributed by atoms with Crippen LogP contribution in [-0.2, 0) is 10.2 Å². The van der Waals surface area contributed by atoms with Crippen LogP contribution in [0.4, 0.5) is 0 Å². The Balaban J connectivity index is 2.43. The predicted octanol–water partition coefficient (Wildman–Crippen LogP) is 3.25. The van der Waals surface area contributed by atoms with Crippen molar-refractivity contribution in [2.75, 3.05) is 0 Å². The highest BCUT2D eigenvalue weighted by Crippen LogP contribution is 2.39. The summed E-state index contributed by atoms with van der Waals surface area (Å²) >= 11 is 0. The zero-order valence-corrected chi connectivity index (χ0v) is 13.9. The Morgan fingerprint density at radius 2 is 1.19 bits per heavy atom. The number of amides is 1. The first-order chi connectivity index (χ1) is 12.6. The molecular weight excluding hydrogens is 322 g/mol. The van der Waals surface area contributed by atoms with Crippen LogP contribution in [0.2, 0.25) is 0 Å². The molecule has 0 unspecified atom stereocenters. The third-order valence-electron chi connectivity index (χ3n) is 4.43. The van der Waals surface area contributed by atoms with Crippen molar-refractivity contribution in [3.05, 3.63) is 107 Å². The van der Waals surface area contributed by atoms with E-state index in [1.807, 2.05) is 30.3 Å². The number of benzene rings is 3. The number of rotatable bonds is 4. The number of nitrogens with two attached hydrogens (primary N) is 1. The second-order valence-electron chi connectivity index (χ2n) is 5.87. The van der Waals surface area contributed by atoms with Crippen molar-refractivity contribution in [2.45, 2.75) is 5.41 Å². The van der Waals surface area contributed by atoms with Crippen molar-refractivity contribution in [1.29, 1.82) is 10.5 Å². The molecule has 3 rings (SSSR count). The van der Waals surface area contributed by atoms with Gasteiger partial charge in [0.2, 0.25) is 5.91 Å². The standard InChI is InChI=1S/C22H15N3O/c23-14-16-6-4-10-19(12-16)22(21(25)26,18-8-2-1-3-9-18)20-11-5-7-17(13-20)15-24/h1-13H,(H2,25,26). The first kappa shape index (κ1) is 17.0. The first-order valence-electron chi connectivity index (χ1n) is 7.99. The maximum atomic E-state index is 12.9. The fourth-order valence-electron chi connectivity index (χ4n) is 3.26. The Labute approximate surface area is 151 Å². The molecule has 0 heterocycles. The van der Waals surface area contributed by atoms with Gasteiger partial charge in [-0.15, -0.1) is 0 Å². The maximum Gasteiger partial charge on any atom is 0.237 e. The van der Waals surface area contributed by atoms with E-state index in [4.69, 9.17) is 5.73 Å². The molecule has 0 fully saturated rings. The van der Waals surface area contributed by atoms with Gasteiger partial charge in [-0.3, -0.25) is 4.79 Å². The number of carbonyl (C=O) groups is 1. The molecule has 0 aliphatic rings. The Morgan fingerprint density at radius 1 is 0.731 bits per heavy atom. The second-order valence-corrected chi connectivity index (χ2v) is 5.87. The van der Waals surface area contributed by atoms with Crippen LogP contribution in [0.15, 0.2) is 78.9 Å². The molecule has 0 saturated carbocycles. The van der Waals surface area contributed by atoms with E-state index in [-0.39, 0.29) is 0 Å². The smallest absolute Gasteiger partial charge is 0.237 e. The molecule has 26 heavy (non-hydrogen) atoms. The normalized spacial score (nSPS) is 10.5. The number of primary amides is 1. The highest BCUT2D eigenvalue weighted by Gasteiger charge is 2.42. The number of hydrogen-bond acceptors (Lipinski definition) is 3. The quantitative estimate of drug-likeness (QED) is 0.741. The topological polar surface area (TPSA) is 90.7 Å². The van der Waals surface area contributed by atoms with Crippen molar-refractivity contribution in [2.24, 2.45) is 5.73 Å². The van der Waals surface area contributed by atoms with Crippen LogP contribution < -0.4 is 5.73 Å². The molecule has 0 bridgehead atoms. The molecule has 4 heteroatoms. The lowest BCUT2D eigenvalue weighted by molar-refractivity contribution is -0.120. The van der Waals surface area contributed by atoms with Gasteiger partial charge in [0.05, 0.1) is 23.3 Å². The summed E-state index contributed by atoms with van der Waals surface area (Å²) in [4.78, 5) is 12.9. The van der Waals surface area contributed by atoms with Gasteiger partial charge in [0.1, 0.15) is 5.41 Å². The van der Waals surface area contributed by atoms with Crippen LogP contribution in [0, 0.1) is 22.7 Å². The van der Waals surface area contributed by atoms with Gasteiger partial charge in [0, 0.05) is 0 Å². The SMILES string of the molecule is N#Cc1cccc(C(C(N)=O)(c2ccccc2)c2cccc(C#N)c2)c1. The Bertz CT molecular complexity index is 985. The molecule has 0 aliphatic carbocycles. The number of nitriles is 2. The molecule has 0 aromatic heterocycles. The number of hydrogen-bond donors (Lipinski definition) is 1. The molecular formula is C22H15N3O. The average molecular weight is 337 g/mol. The van der Waals surface area contributed by atoms with Crippen LogP contribution in [0.3, 0.4) is 0 Å². The van der Waals surface area contributed by atoms with Crippen LogP contribution in [-0.4, -0.2) is 5.91 Å². The van der Waals surface area contributed by atoms with Crippen LogP contribution in [0.5, 0.6) is 0 Å². The molecule has 0 aliphatic heterocycles. The number of nitrogens with zero attached hydrogens (tertiary/aromatic N) is 2. The molecule has 1 amide bonds. The molecule has 3 aromatic rings. The summed E-state index contributed by atoms with van der Waals surface area (Å²) in [5.74, 6) is -0.575. The van der Waals surface area contributed by atoms with E-state index in [0.29, 0.717) is 27.8 Å². The van der Waals surface area contributed by atoms with Gasteiger partial charge in [0.25, 0.3) is 0 Å². The highest BCUT2D eigenvalue weighted by molar-refractivity contribution is 5.95. The summed E-state index contributed by atoms with van der Waals surface area (Å²) in [6.07, 6.45) is 0. The highest BCUT2D eigenvalue weighted by atomic mass is 16.1. The van der Waals surface area contributed by atoms with Gasteiger partial charge >= 0.3 is 0 Å². The van der Waals surface area contributed by atoms with E-state index in [9.17, 15) is 15.3 Å².